The molecule has 0 aromatic carbocycles. The van der Waals surface area contributed by atoms with Crippen LogP contribution in [-0.4, -0.2) is 31.5 Å². The molecule has 0 aliphatic heterocycles. The molecule has 0 aromatic rings. The first-order valence-electron chi connectivity index (χ1n) is 6.17. The van der Waals surface area contributed by atoms with Gasteiger partial charge in [0.25, 0.3) is 0 Å². The van der Waals surface area contributed by atoms with Gasteiger partial charge in [0.2, 0.25) is 0 Å². The molecule has 15 heavy (non-hydrogen) atoms. The van der Waals surface area contributed by atoms with E-state index in [9.17, 15) is 0 Å². The summed E-state index contributed by atoms with van der Waals surface area (Å²) in [6, 6.07) is 0.177. The number of ether oxygens (including phenoxy) is 2. The third kappa shape index (κ3) is 3.74. The highest BCUT2D eigenvalue weighted by Crippen LogP contribution is 2.26. The first kappa shape index (κ1) is 12.9. The predicted octanol–water partition coefficient (Wildman–Crippen LogP) is 1.94. The van der Waals surface area contributed by atoms with Crippen LogP contribution in [0.15, 0.2) is 0 Å². The van der Waals surface area contributed by atoms with E-state index in [4.69, 9.17) is 15.2 Å². The van der Waals surface area contributed by atoms with Crippen molar-refractivity contribution in [3.8, 4) is 0 Å². The molecule has 1 saturated carbocycles. The summed E-state index contributed by atoms with van der Waals surface area (Å²) in [7, 11) is 0. The van der Waals surface area contributed by atoms with Crippen LogP contribution in [0.2, 0.25) is 0 Å². The van der Waals surface area contributed by atoms with Crippen molar-refractivity contribution >= 4 is 0 Å². The molecule has 3 nitrogen and oxygen atoms in total. The molecule has 0 bridgehead atoms. The molecule has 0 aromatic heterocycles. The Hall–Kier alpha value is -0.120. The van der Waals surface area contributed by atoms with Gasteiger partial charge in [0, 0.05) is 19.3 Å². The molecule has 0 spiro atoms. The van der Waals surface area contributed by atoms with E-state index in [-0.39, 0.29) is 18.2 Å². The molecule has 1 aliphatic carbocycles. The average Bonchev–Trinajstić information content (AvgIpc) is 2.21. The lowest BCUT2D eigenvalue weighted by Gasteiger charge is -2.42. The van der Waals surface area contributed by atoms with Crippen molar-refractivity contribution in [2.45, 2.75) is 58.3 Å². The third-order valence-corrected chi connectivity index (χ3v) is 3.03. The number of nitrogens with two attached hydrogens (primary N) is 1. The van der Waals surface area contributed by atoms with Gasteiger partial charge in [-0.3, -0.25) is 0 Å². The van der Waals surface area contributed by atoms with Crippen molar-refractivity contribution in [1.82, 2.24) is 0 Å². The Bertz CT molecular complexity index is 175. The van der Waals surface area contributed by atoms with Gasteiger partial charge < -0.3 is 15.2 Å². The number of hydrogen-bond donors (Lipinski definition) is 1. The number of hydrogen-bond acceptors (Lipinski definition) is 3. The maximum Gasteiger partial charge on any atom is 0.0988 e. The van der Waals surface area contributed by atoms with Gasteiger partial charge in [0.1, 0.15) is 0 Å². The maximum absolute atomic E-state index is 5.86. The lowest BCUT2D eigenvalue weighted by Crippen LogP contribution is -2.58. The Morgan fingerprint density at radius 1 is 1.33 bits per heavy atom. The van der Waals surface area contributed by atoms with Crippen LogP contribution in [0.4, 0.5) is 0 Å². The van der Waals surface area contributed by atoms with E-state index < -0.39 is 0 Å². The molecule has 90 valence electrons. The molecule has 0 radical (unpaired) electrons. The second-order valence-electron chi connectivity index (χ2n) is 4.59. The Kier molecular flexibility index (Phi) is 5.58. The van der Waals surface area contributed by atoms with Crippen LogP contribution in [0.5, 0.6) is 0 Å². The SMILES string of the molecule is CCCC(C)COC1CC(N)C1OCC. The Balaban J connectivity index is 2.16. The maximum atomic E-state index is 5.86. The van der Waals surface area contributed by atoms with Gasteiger partial charge in [-0.2, -0.15) is 0 Å². The van der Waals surface area contributed by atoms with Crippen LogP contribution in [0.1, 0.15) is 40.0 Å². The molecule has 0 saturated heterocycles. The summed E-state index contributed by atoms with van der Waals surface area (Å²) >= 11 is 0. The topological polar surface area (TPSA) is 44.5 Å². The second-order valence-corrected chi connectivity index (χ2v) is 4.59. The quantitative estimate of drug-likeness (QED) is 0.706. The summed E-state index contributed by atoms with van der Waals surface area (Å²) in [5, 5.41) is 0. The Labute approximate surface area is 93.3 Å². The normalized spacial score (nSPS) is 32.4. The average molecular weight is 215 g/mol. The smallest absolute Gasteiger partial charge is 0.0988 e. The van der Waals surface area contributed by atoms with Gasteiger partial charge in [-0.1, -0.05) is 20.3 Å². The minimum Gasteiger partial charge on any atom is -0.375 e. The van der Waals surface area contributed by atoms with Gasteiger partial charge in [-0.25, -0.2) is 0 Å². The first-order chi connectivity index (χ1) is 7.19. The number of rotatable bonds is 7. The minimum atomic E-state index is 0.129. The lowest BCUT2D eigenvalue weighted by molar-refractivity contribution is -0.142. The van der Waals surface area contributed by atoms with E-state index in [0.717, 1.165) is 19.6 Å². The molecule has 3 heteroatoms. The first-order valence-corrected chi connectivity index (χ1v) is 6.17. The summed E-state index contributed by atoms with van der Waals surface area (Å²) in [6.07, 6.45) is 3.77. The van der Waals surface area contributed by atoms with E-state index in [1.54, 1.807) is 0 Å². The van der Waals surface area contributed by atoms with Crippen LogP contribution in [0.25, 0.3) is 0 Å². The fourth-order valence-corrected chi connectivity index (χ4v) is 2.07. The van der Waals surface area contributed by atoms with Crippen LogP contribution in [-0.2, 0) is 9.47 Å². The monoisotopic (exact) mass is 215 g/mol. The van der Waals surface area contributed by atoms with E-state index in [0.29, 0.717) is 5.92 Å². The van der Waals surface area contributed by atoms with Crippen molar-refractivity contribution < 1.29 is 9.47 Å². The molecule has 1 fully saturated rings. The summed E-state index contributed by atoms with van der Waals surface area (Å²) in [5.74, 6) is 0.647. The molecule has 4 atom stereocenters. The predicted molar refractivity (Wildman–Crippen MR) is 61.8 cm³/mol. The van der Waals surface area contributed by atoms with E-state index >= 15 is 0 Å². The molecule has 1 aliphatic rings. The minimum absolute atomic E-state index is 0.129. The van der Waals surface area contributed by atoms with Crippen LogP contribution < -0.4 is 5.73 Å². The van der Waals surface area contributed by atoms with Crippen molar-refractivity contribution in [2.24, 2.45) is 11.7 Å². The molecular weight excluding hydrogens is 190 g/mol. The zero-order chi connectivity index (χ0) is 11.3. The third-order valence-electron chi connectivity index (χ3n) is 3.03. The van der Waals surface area contributed by atoms with Crippen LogP contribution in [0.3, 0.4) is 0 Å². The van der Waals surface area contributed by atoms with Gasteiger partial charge in [-0.05, 0) is 25.7 Å². The molecule has 0 amide bonds. The standard InChI is InChI=1S/C12H25NO2/c1-4-6-9(3)8-15-11-7-10(13)12(11)14-5-2/h9-12H,4-8,13H2,1-3H3. The summed E-state index contributed by atoms with van der Waals surface area (Å²) in [6.45, 7) is 8.01. The van der Waals surface area contributed by atoms with Gasteiger partial charge in [0.15, 0.2) is 0 Å². The summed E-state index contributed by atoms with van der Waals surface area (Å²) in [4.78, 5) is 0. The zero-order valence-corrected chi connectivity index (χ0v) is 10.2. The highest BCUT2D eigenvalue weighted by molar-refractivity contribution is 4.95. The Morgan fingerprint density at radius 2 is 2.07 bits per heavy atom. The zero-order valence-electron chi connectivity index (χ0n) is 10.2. The van der Waals surface area contributed by atoms with Gasteiger partial charge in [-0.15, -0.1) is 0 Å². The fourth-order valence-electron chi connectivity index (χ4n) is 2.07. The largest absolute Gasteiger partial charge is 0.375 e. The van der Waals surface area contributed by atoms with Gasteiger partial charge in [0.05, 0.1) is 12.2 Å². The highest BCUT2D eigenvalue weighted by atomic mass is 16.5. The Morgan fingerprint density at radius 3 is 2.60 bits per heavy atom. The van der Waals surface area contributed by atoms with E-state index in [1.807, 2.05) is 6.92 Å². The van der Waals surface area contributed by atoms with Crippen LogP contribution >= 0.6 is 0 Å². The van der Waals surface area contributed by atoms with E-state index in [2.05, 4.69) is 13.8 Å². The van der Waals surface area contributed by atoms with Crippen molar-refractivity contribution in [2.75, 3.05) is 13.2 Å². The molecule has 1 rings (SSSR count). The highest BCUT2D eigenvalue weighted by Gasteiger charge is 2.40. The van der Waals surface area contributed by atoms with Crippen molar-refractivity contribution in [3.63, 3.8) is 0 Å². The van der Waals surface area contributed by atoms with Gasteiger partial charge >= 0.3 is 0 Å². The second kappa shape index (κ2) is 6.46. The molecule has 4 unspecified atom stereocenters. The summed E-state index contributed by atoms with van der Waals surface area (Å²) in [5.41, 5.74) is 5.86. The van der Waals surface area contributed by atoms with Crippen molar-refractivity contribution in [1.29, 1.82) is 0 Å². The summed E-state index contributed by atoms with van der Waals surface area (Å²) < 4.78 is 11.4. The molecule has 0 heterocycles. The van der Waals surface area contributed by atoms with Crippen molar-refractivity contribution in [3.05, 3.63) is 0 Å². The lowest BCUT2D eigenvalue weighted by atomic mass is 9.86. The van der Waals surface area contributed by atoms with E-state index in [1.165, 1.54) is 12.8 Å². The molecular formula is C12H25NO2. The van der Waals surface area contributed by atoms with Crippen LogP contribution in [0, 0.1) is 5.92 Å². The molecule has 2 N–H and O–H groups in total. The fraction of sp³-hybridized carbons (Fsp3) is 1.00.